The first-order chi connectivity index (χ1) is 6.36. The molecule has 0 aliphatic heterocycles. The van der Waals surface area contributed by atoms with Crippen molar-refractivity contribution in [3.63, 3.8) is 0 Å². The van der Waals surface area contributed by atoms with E-state index in [1.54, 1.807) is 13.8 Å². The molecule has 0 radical (unpaired) electrons. The molecule has 0 heterocycles. The fourth-order valence-corrected chi connectivity index (χ4v) is 0.498. The van der Waals surface area contributed by atoms with Crippen LogP contribution in [-0.2, 0) is 19.2 Å². The number of hydrogen-bond donors (Lipinski definition) is 0. The van der Waals surface area contributed by atoms with Crippen LogP contribution in [0.15, 0.2) is 0 Å². The molecule has 0 N–H and O–H groups in total. The molecule has 0 atom stereocenters. The van der Waals surface area contributed by atoms with Crippen molar-refractivity contribution >= 4 is 23.1 Å². The molecule has 0 aliphatic rings. The van der Waals surface area contributed by atoms with E-state index in [1.807, 2.05) is 0 Å². The van der Waals surface area contributed by atoms with Crippen LogP contribution < -0.4 is 0 Å². The Morgan fingerprint density at radius 1 is 0.714 bits per heavy atom. The van der Waals surface area contributed by atoms with E-state index in [4.69, 9.17) is 0 Å². The quantitative estimate of drug-likeness (QED) is 0.637. The van der Waals surface area contributed by atoms with Gasteiger partial charge in [-0.05, 0) is 0 Å². The number of carbonyl (C=O) groups is 4. The second-order valence-electron chi connectivity index (χ2n) is 2.67. The lowest BCUT2D eigenvalue weighted by Gasteiger charge is -1.81. The summed E-state index contributed by atoms with van der Waals surface area (Å²) in [5.41, 5.74) is 0. The molecule has 14 heavy (non-hydrogen) atoms. The zero-order chi connectivity index (χ0) is 11.7. The molecule has 0 spiro atoms. The molecule has 80 valence electrons. The van der Waals surface area contributed by atoms with Crippen molar-refractivity contribution in [1.29, 1.82) is 0 Å². The van der Waals surface area contributed by atoms with Gasteiger partial charge in [-0.2, -0.15) is 0 Å². The minimum absolute atomic E-state index is 0.292. The van der Waals surface area contributed by atoms with E-state index in [9.17, 15) is 19.2 Å². The molecule has 0 saturated heterocycles. The van der Waals surface area contributed by atoms with E-state index in [0.717, 1.165) is 0 Å². The van der Waals surface area contributed by atoms with Gasteiger partial charge in [0.1, 0.15) is 0 Å². The smallest absolute Gasteiger partial charge is 0.197 e. The van der Waals surface area contributed by atoms with Gasteiger partial charge in [-0.15, -0.1) is 0 Å². The standard InChI is InChI=1S/2C5H8O2/c2*1-3-5(7)4(2)6/h2*3H2,1-2H3. The zero-order valence-electron chi connectivity index (χ0n) is 9.05. The highest BCUT2D eigenvalue weighted by Gasteiger charge is 2.01. The van der Waals surface area contributed by atoms with Gasteiger partial charge in [0.05, 0.1) is 0 Å². The third-order valence-corrected chi connectivity index (χ3v) is 1.43. The van der Waals surface area contributed by atoms with Crippen LogP contribution >= 0.6 is 0 Å². The predicted octanol–water partition coefficient (Wildman–Crippen LogP) is 1.11. The highest BCUT2D eigenvalue weighted by Crippen LogP contribution is 1.79. The van der Waals surface area contributed by atoms with Crippen LogP contribution in [0.3, 0.4) is 0 Å². The average molecular weight is 200 g/mol. The van der Waals surface area contributed by atoms with Crippen molar-refractivity contribution in [2.75, 3.05) is 0 Å². The molecule has 0 saturated carbocycles. The summed E-state index contributed by atoms with van der Waals surface area (Å²) in [6.45, 7) is 5.91. The van der Waals surface area contributed by atoms with E-state index < -0.39 is 0 Å². The first-order valence-electron chi connectivity index (χ1n) is 4.44. The summed E-state index contributed by atoms with van der Waals surface area (Å²) in [4.78, 5) is 40.4. The molecule has 0 aliphatic carbocycles. The van der Waals surface area contributed by atoms with Crippen LogP contribution in [0, 0.1) is 0 Å². The van der Waals surface area contributed by atoms with Gasteiger partial charge in [0, 0.05) is 26.7 Å². The second-order valence-corrected chi connectivity index (χ2v) is 2.67. The molecule has 0 bridgehead atoms. The third kappa shape index (κ3) is 8.77. The molecule has 4 nitrogen and oxygen atoms in total. The van der Waals surface area contributed by atoms with Crippen LogP contribution in [0.1, 0.15) is 40.5 Å². The number of ketones is 4. The summed E-state index contributed by atoms with van der Waals surface area (Å²) >= 11 is 0. The Morgan fingerprint density at radius 2 is 0.929 bits per heavy atom. The fraction of sp³-hybridized carbons (Fsp3) is 0.600. The molecule has 0 aromatic rings. The van der Waals surface area contributed by atoms with Gasteiger partial charge in [0.25, 0.3) is 0 Å². The van der Waals surface area contributed by atoms with Crippen LogP contribution in [0.25, 0.3) is 0 Å². The van der Waals surface area contributed by atoms with Crippen molar-refractivity contribution in [3.8, 4) is 0 Å². The van der Waals surface area contributed by atoms with E-state index in [1.165, 1.54) is 13.8 Å². The number of carbonyl (C=O) groups excluding carboxylic acids is 4. The molecule has 0 aromatic carbocycles. The van der Waals surface area contributed by atoms with Gasteiger partial charge in [0.2, 0.25) is 0 Å². The Hall–Kier alpha value is -1.32. The molecule has 0 amide bonds. The number of Topliss-reactive ketones (excluding diaryl/α,β-unsaturated/α-hetero) is 4. The maximum atomic E-state index is 10.2. The predicted molar refractivity (Wildman–Crippen MR) is 52.0 cm³/mol. The van der Waals surface area contributed by atoms with Crippen LogP contribution in [0.2, 0.25) is 0 Å². The largest absolute Gasteiger partial charge is 0.291 e. The maximum absolute atomic E-state index is 10.2. The van der Waals surface area contributed by atoms with Crippen molar-refractivity contribution < 1.29 is 19.2 Å². The Kier molecular flexibility index (Phi) is 8.98. The number of rotatable bonds is 4. The normalized spacial score (nSPS) is 8.29. The van der Waals surface area contributed by atoms with Gasteiger partial charge < -0.3 is 0 Å². The molecule has 0 fully saturated rings. The third-order valence-electron chi connectivity index (χ3n) is 1.43. The lowest BCUT2D eigenvalue weighted by Crippen LogP contribution is -2.06. The summed E-state index contributed by atoms with van der Waals surface area (Å²) in [6, 6.07) is 0. The maximum Gasteiger partial charge on any atom is 0.197 e. The molecule has 0 rings (SSSR count). The number of hydrogen-bond acceptors (Lipinski definition) is 4. The lowest BCUT2D eigenvalue weighted by atomic mass is 10.2. The summed E-state index contributed by atoms with van der Waals surface area (Å²) in [5, 5.41) is 0. The zero-order valence-corrected chi connectivity index (χ0v) is 9.05. The van der Waals surface area contributed by atoms with Gasteiger partial charge >= 0.3 is 0 Å². The van der Waals surface area contributed by atoms with Crippen molar-refractivity contribution in [3.05, 3.63) is 0 Å². The minimum atomic E-state index is -0.345. The molecular formula is C10H16O4. The lowest BCUT2D eigenvalue weighted by molar-refractivity contribution is -0.135. The Bertz CT molecular complexity index is 215. The highest BCUT2D eigenvalue weighted by atomic mass is 16.2. The summed E-state index contributed by atoms with van der Waals surface area (Å²) in [5.74, 6) is -1.27. The average Bonchev–Trinajstić information content (AvgIpc) is 2.15. The monoisotopic (exact) mass is 200 g/mol. The van der Waals surface area contributed by atoms with Crippen molar-refractivity contribution in [2.45, 2.75) is 40.5 Å². The summed E-state index contributed by atoms with van der Waals surface area (Å²) in [7, 11) is 0. The Morgan fingerprint density at radius 3 is 0.929 bits per heavy atom. The van der Waals surface area contributed by atoms with Gasteiger partial charge in [-0.25, -0.2) is 0 Å². The first-order valence-corrected chi connectivity index (χ1v) is 4.44. The van der Waals surface area contributed by atoms with Gasteiger partial charge in [-0.3, -0.25) is 19.2 Å². The summed E-state index contributed by atoms with van der Waals surface area (Å²) in [6.07, 6.45) is 0.657. The van der Waals surface area contributed by atoms with Gasteiger partial charge in [0.15, 0.2) is 23.1 Å². The van der Waals surface area contributed by atoms with E-state index in [0.29, 0.717) is 12.8 Å². The topological polar surface area (TPSA) is 68.3 Å². The molecule has 0 aromatic heterocycles. The first kappa shape index (κ1) is 15.2. The summed E-state index contributed by atoms with van der Waals surface area (Å²) < 4.78 is 0. The molecule has 0 unspecified atom stereocenters. The second kappa shape index (κ2) is 8.29. The van der Waals surface area contributed by atoms with E-state index in [2.05, 4.69) is 0 Å². The Labute approximate surface area is 83.7 Å². The van der Waals surface area contributed by atoms with Crippen LogP contribution in [-0.4, -0.2) is 23.1 Å². The fourth-order valence-electron chi connectivity index (χ4n) is 0.498. The van der Waals surface area contributed by atoms with Crippen LogP contribution in [0.5, 0.6) is 0 Å². The van der Waals surface area contributed by atoms with Gasteiger partial charge in [-0.1, -0.05) is 13.8 Å². The SMILES string of the molecule is CCC(=O)C(C)=O.CCC(=O)C(C)=O. The molecule has 4 heteroatoms. The van der Waals surface area contributed by atoms with E-state index in [-0.39, 0.29) is 23.1 Å². The van der Waals surface area contributed by atoms with Crippen molar-refractivity contribution in [1.82, 2.24) is 0 Å². The minimum Gasteiger partial charge on any atom is -0.291 e. The Balaban J connectivity index is 0. The van der Waals surface area contributed by atoms with Crippen molar-refractivity contribution in [2.24, 2.45) is 0 Å². The highest BCUT2D eigenvalue weighted by molar-refractivity contribution is 6.36. The van der Waals surface area contributed by atoms with E-state index >= 15 is 0 Å². The molecular weight excluding hydrogens is 184 g/mol. The van der Waals surface area contributed by atoms with Crippen LogP contribution in [0.4, 0.5) is 0 Å².